The van der Waals surface area contributed by atoms with E-state index in [4.69, 9.17) is 4.74 Å². The number of carbonyl (C=O) groups is 1. The van der Waals surface area contributed by atoms with Gasteiger partial charge in [-0.25, -0.2) is 0 Å². The average molecular weight is 501 g/mol. The van der Waals surface area contributed by atoms with Crippen LogP contribution in [0.15, 0.2) is 11.6 Å². The molecule has 204 valence electrons. The van der Waals surface area contributed by atoms with Crippen LogP contribution in [-0.2, 0) is 9.53 Å². The first-order chi connectivity index (χ1) is 16.7. The third-order valence-corrected chi connectivity index (χ3v) is 13.3. The molecule has 0 spiro atoms. The van der Waals surface area contributed by atoms with Crippen LogP contribution in [0.3, 0.4) is 0 Å². The summed E-state index contributed by atoms with van der Waals surface area (Å²) in [6.45, 7) is 17.9. The molecule has 0 aliphatic heterocycles. The molecule has 0 aromatic rings. The smallest absolute Gasteiger partial charge is 0.159 e. The van der Waals surface area contributed by atoms with E-state index in [1.165, 1.54) is 24.8 Å². The minimum atomic E-state index is -0.274. The van der Waals surface area contributed by atoms with E-state index in [9.17, 15) is 15.0 Å². The number of ether oxygens (including phenoxy) is 1. The molecule has 5 rings (SSSR count). The molecule has 5 aliphatic carbocycles. The number of aliphatic hydroxyl groups excluding tert-OH is 2. The minimum absolute atomic E-state index is 0.0359. The Morgan fingerprint density at radius 3 is 2.33 bits per heavy atom. The normalized spacial score (nSPS) is 51.9. The highest BCUT2D eigenvalue weighted by Gasteiger charge is 2.70. The van der Waals surface area contributed by atoms with E-state index in [-0.39, 0.29) is 51.1 Å². The Hall–Kier alpha value is -0.710. The van der Waals surface area contributed by atoms with Crippen molar-refractivity contribution in [2.75, 3.05) is 19.8 Å². The molecule has 5 aliphatic rings. The monoisotopic (exact) mass is 500 g/mol. The van der Waals surface area contributed by atoms with Crippen LogP contribution >= 0.6 is 0 Å². The molecule has 0 aromatic carbocycles. The number of rotatable bonds is 4. The van der Waals surface area contributed by atoms with Crippen molar-refractivity contribution in [3.8, 4) is 0 Å². The summed E-state index contributed by atoms with van der Waals surface area (Å²) in [6, 6.07) is 0. The molecule has 9 atom stereocenters. The number of aliphatic hydroxyl groups is 2. The zero-order valence-electron chi connectivity index (χ0n) is 24.1. The lowest BCUT2D eigenvalue weighted by Gasteiger charge is -2.70. The van der Waals surface area contributed by atoms with Crippen LogP contribution in [0.1, 0.15) is 106 Å². The molecule has 2 N–H and O–H groups in total. The molecule has 0 saturated heterocycles. The van der Waals surface area contributed by atoms with Gasteiger partial charge in [0, 0.05) is 5.92 Å². The Bertz CT molecular complexity index is 938. The fraction of sp³-hybridized carbons (Fsp3) is 0.906. The second-order valence-corrected chi connectivity index (χ2v) is 15.7. The van der Waals surface area contributed by atoms with Crippen molar-refractivity contribution >= 4 is 5.78 Å². The molecular formula is C32H52O4. The third kappa shape index (κ3) is 3.52. The Morgan fingerprint density at radius 1 is 0.944 bits per heavy atom. The van der Waals surface area contributed by atoms with Crippen LogP contribution in [0.4, 0.5) is 0 Å². The van der Waals surface area contributed by atoms with Crippen molar-refractivity contribution in [2.24, 2.45) is 50.2 Å². The Labute approximate surface area is 219 Å². The topological polar surface area (TPSA) is 66.8 Å². The molecule has 0 radical (unpaired) electrons. The van der Waals surface area contributed by atoms with Gasteiger partial charge in [-0.1, -0.05) is 54.0 Å². The van der Waals surface area contributed by atoms with Crippen molar-refractivity contribution < 1.29 is 19.7 Å². The van der Waals surface area contributed by atoms with Crippen LogP contribution in [0.25, 0.3) is 0 Å². The lowest BCUT2D eigenvalue weighted by Crippen LogP contribution is -2.66. The Morgan fingerprint density at radius 2 is 1.64 bits per heavy atom. The fourth-order valence-corrected chi connectivity index (χ4v) is 10.8. The van der Waals surface area contributed by atoms with E-state index in [1.807, 2.05) is 0 Å². The maximum absolute atomic E-state index is 14.3. The molecule has 0 heterocycles. The average Bonchev–Trinajstić information content (AvgIpc) is 2.79. The highest BCUT2D eigenvalue weighted by Crippen LogP contribution is 2.75. The lowest BCUT2D eigenvalue weighted by atomic mass is 9.33. The third-order valence-electron chi connectivity index (χ3n) is 13.3. The zero-order valence-corrected chi connectivity index (χ0v) is 24.1. The Balaban J connectivity index is 1.55. The van der Waals surface area contributed by atoms with E-state index < -0.39 is 0 Å². The van der Waals surface area contributed by atoms with Gasteiger partial charge in [-0.3, -0.25) is 4.79 Å². The van der Waals surface area contributed by atoms with Crippen LogP contribution in [0.5, 0.6) is 0 Å². The van der Waals surface area contributed by atoms with E-state index in [1.54, 1.807) is 0 Å². The molecule has 4 heteroatoms. The summed E-state index contributed by atoms with van der Waals surface area (Å²) in [6.07, 6.45) is 11.6. The van der Waals surface area contributed by atoms with Crippen LogP contribution < -0.4 is 0 Å². The van der Waals surface area contributed by atoms with Gasteiger partial charge in [0.05, 0.1) is 25.9 Å². The standard InChI is InChI=1S/C32H52O4/c1-27(2)24-8-11-32(7)26(30(24,5)10-9-25(27)35)23(34)18-21-22-19-28(3,20-36-17-16-33)12-13-29(22,4)14-15-31(21,32)6/h18,22,24-26,33,35H,8-17,19-20H2,1-7H3/t22-,24-,25-,26+,28-,29+,30-,31+,32+/m0/s1. The predicted molar refractivity (Wildman–Crippen MR) is 143 cm³/mol. The summed E-state index contributed by atoms with van der Waals surface area (Å²) in [5, 5.41) is 20.1. The lowest BCUT2D eigenvalue weighted by molar-refractivity contribution is -0.202. The van der Waals surface area contributed by atoms with Gasteiger partial charge >= 0.3 is 0 Å². The van der Waals surface area contributed by atoms with E-state index in [2.05, 4.69) is 54.5 Å². The van der Waals surface area contributed by atoms with Gasteiger partial charge in [0.1, 0.15) is 0 Å². The van der Waals surface area contributed by atoms with Gasteiger partial charge in [0.25, 0.3) is 0 Å². The molecule has 4 fully saturated rings. The van der Waals surface area contributed by atoms with Crippen molar-refractivity contribution in [1.82, 2.24) is 0 Å². The number of carbonyl (C=O) groups excluding carboxylic acids is 1. The molecule has 0 amide bonds. The van der Waals surface area contributed by atoms with Gasteiger partial charge in [0.2, 0.25) is 0 Å². The highest BCUT2D eigenvalue weighted by molar-refractivity contribution is 5.95. The molecule has 36 heavy (non-hydrogen) atoms. The summed E-state index contributed by atoms with van der Waals surface area (Å²) in [7, 11) is 0. The summed E-state index contributed by atoms with van der Waals surface area (Å²) < 4.78 is 5.87. The quantitative estimate of drug-likeness (QED) is 0.442. The maximum Gasteiger partial charge on any atom is 0.159 e. The van der Waals surface area contributed by atoms with Gasteiger partial charge < -0.3 is 14.9 Å². The van der Waals surface area contributed by atoms with Gasteiger partial charge in [0.15, 0.2) is 5.78 Å². The first-order valence-electron chi connectivity index (χ1n) is 14.8. The van der Waals surface area contributed by atoms with E-state index >= 15 is 0 Å². The second kappa shape index (κ2) is 8.39. The highest BCUT2D eigenvalue weighted by atomic mass is 16.5. The molecular weight excluding hydrogens is 448 g/mol. The van der Waals surface area contributed by atoms with Crippen LogP contribution in [-0.4, -0.2) is 41.9 Å². The molecule has 4 nitrogen and oxygen atoms in total. The molecule has 0 bridgehead atoms. The summed E-state index contributed by atoms with van der Waals surface area (Å²) in [5.41, 5.74) is 1.58. The largest absolute Gasteiger partial charge is 0.394 e. The minimum Gasteiger partial charge on any atom is -0.394 e. The van der Waals surface area contributed by atoms with Gasteiger partial charge in [-0.05, 0) is 108 Å². The summed E-state index contributed by atoms with van der Waals surface area (Å²) in [5.74, 6) is 1.21. The first-order valence-corrected chi connectivity index (χ1v) is 14.8. The second-order valence-electron chi connectivity index (χ2n) is 15.7. The van der Waals surface area contributed by atoms with E-state index in [0.29, 0.717) is 30.8 Å². The summed E-state index contributed by atoms with van der Waals surface area (Å²) in [4.78, 5) is 14.3. The maximum atomic E-state index is 14.3. The number of hydrogen-bond donors (Lipinski definition) is 2. The fourth-order valence-electron chi connectivity index (χ4n) is 10.8. The Kier molecular flexibility index (Phi) is 6.27. The van der Waals surface area contributed by atoms with Crippen molar-refractivity contribution in [1.29, 1.82) is 0 Å². The van der Waals surface area contributed by atoms with Crippen LogP contribution in [0, 0.1) is 50.2 Å². The number of fused-ring (bicyclic) bond motifs is 7. The summed E-state index contributed by atoms with van der Waals surface area (Å²) >= 11 is 0. The van der Waals surface area contributed by atoms with Crippen molar-refractivity contribution in [3.05, 3.63) is 11.6 Å². The molecule has 0 aromatic heterocycles. The van der Waals surface area contributed by atoms with Crippen LogP contribution in [0.2, 0.25) is 0 Å². The first kappa shape index (κ1) is 26.9. The molecule has 4 saturated carbocycles. The predicted octanol–water partition coefficient (Wildman–Crippen LogP) is 6.34. The van der Waals surface area contributed by atoms with Gasteiger partial charge in [-0.15, -0.1) is 0 Å². The van der Waals surface area contributed by atoms with Crippen molar-refractivity contribution in [3.63, 3.8) is 0 Å². The van der Waals surface area contributed by atoms with E-state index in [0.717, 1.165) is 38.5 Å². The van der Waals surface area contributed by atoms with Crippen molar-refractivity contribution in [2.45, 2.75) is 112 Å². The number of ketones is 1. The zero-order chi connectivity index (χ0) is 26.4. The number of allylic oxidation sites excluding steroid dienone is 2. The molecule has 0 unspecified atom stereocenters. The van der Waals surface area contributed by atoms with Gasteiger partial charge in [-0.2, -0.15) is 0 Å². The number of hydrogen-bond acceptors (Lipinski definition) is 4. The SMILES string of the molecule is CC1(C)[C@@H](O)CC[C@]2(C)[C@H]3C(=O)C=C4[C@@H]5C[C@@](C)(COCCO)CC[C@]5(C)CC[C@@]4(C)[C@]3(C)CC[C@@H]12.